The number of ether oxygens (including phenoxy) is 2. The van der Waals surface area contributed by atoms with Crippen molar-refractivity contribution in [2.24, 2.45) is 0 Å². The Balaban J connectivity index is 1.90. The zero-order chi connectivity index (χ0) is 19.4. The summed E-state index contributed by atoms with van der Waals surface area (Å²) in [6, 6.07) is 10.4. The Labute approximate surface area is 157 Å². The van der Waals surface area contributed by atoms with E-state index in [1.807, 2.05) is 0 Å². The van der Waals surface area contributed by atoms with Crippen molar-refractivity contribution in [2.75, 3.05) is 38.7 Å². The second kappa shape index (κ2) is 7.95. The number of amides is 1. The smallest absolute Gasteiger partial charge is 0.259 e. The lowest BCUT2D eigenvalue weighted by Crippen LogP contribution is -2.40. The third-order valence-corrected chi connectivity index (χ3v) is 6.07. The molecule has 2 aromatic carbocycles. The molecule has 0 bridgehead atoms. The maximum Gasteiger partial charge on any atom is 0.259 e. The number of nitrogens with one attached hydrogen (secondary N) is 1. The van der Waals surface area contributed by atoms with E-state index in [0.717, 1.165) is 0 Å². The van der Waals surface area contributed by atoms with Gasteiger partial charge in [-0.25, -0.2) is 8.42 Å². The second-order valence-corrected chi connectivity index (χ2v) is 7.79. The number of phenols is 1. The van der Waals surface area contributed by atoms with Crippen molar-refractivity contribution >= 4 is 21.6 Å². The maximum atomic E-state index is 12.8. The Morgan fingerprint density at radius 2 is 1.89 bits per heavy atom. The SMILES string of the molecule is COc1ccccc1NC(=O)c1cc(S(=O)(=O)N2CCOCC2)ccc1O. The highest BCUT2D eigenvalue weighted by Crippen LogP contribution is 2.27. The van der Waals surface area contributed by atoms with E-state index in [-0.39, 0.29) is 29.3 Å². The molecule has 2 N–H and O–H groups in total. The largest absolute Gasteiger partial charge is 0.507 e. The van der Waals surface area contributed by atoms with Gasteiger partial charge >= 0.3 is 0 Å². The van der Waals surface area contributed by atoms with Crippen molar-refractivity contribution in [1.82, 2.24) is 4.31 Å². The molecule has 144 valence electrons. The predicted molar refractivity (Wildman–Crippen MR) is 98.6 cm³/mol. The van der Waals surface area contributed by atoms with Crippen LogP contribution < -0.4 is 10.1 Å². The minimum absolute atomic E-state index is 0.0626. The van der Waals surface area contributed by atoms with E-state index in [0.29, 0.717) is 24.7 Å². The Hall–Kier alpha value is -2.62. The van der Waals surface area contributed by atoms with Crippen molar-refractivity contribution in [3.63, 3.8) is 0 Å². The van der Waals surface area contributed by atoms with Crippen LogP contribution in [0.5, 0.6) is 11.5 Å². The van der Waals surface area contributed by atoms with Crippen molar-refractivity contribution < 1.29 is 27.8 Å². The molecule has 0 radical (unpaired) electrons. The summed E-state index contributed by atoms with van der Waals surface area (Å²) in [4.78, 5) is 12.5. The van der Waals surface area contributed by atoms with Crippen LogP contribution in [0.2, 0.25) is 0 Å². The van der Waals surface area contributed by atoms with Crippen molar-refractivity contribution in [2.45, 2.75) is 4.90 Å². The number of anilines is 1. The van der Waals surface area contributed by atoms with E-state index in [9.17, 15) is 18.3 Å². The quantitative estimate of drug-likeness (QED) is 0.802. The molecule has 9 heteroatoms. The number of benzene rings is 2. The van der Waals surface area contributed by atoms with Crippen molar-refractivity contribution in [1.29, 1.82) is 0 Å². The number of sulfonamides is 1. The number of methoxy groups -OCH3 is 1. The lowest BCUT2D eigenvalue weighted by Gasteiger charge is -2.26. The molecule has 0 aromatic heterocycles. The highest BCUT2D eigenvalue weighted by Gasteiger charge is 2.28. The number of para-hydroxylation sites is 2. The molecule has 0 spiro atoms. The van der Waals surface area contributed by atoms with Gasteiger partial charge in [0.15, 0.2) is 0 Å². The third kappa shape index (κ3) is 4.05. The molecule has 1 fully saturated rings. The fraction of sp³-hybridized carbons (Fsp3) is 0.278. The summed E-state index contributed by atoms with van der Waals surface area (Å²) in [7, 11) is -2.31. The fourth-order valence-corrected chi connectivity index (χ4v) is 4.17. The molecular formula is C18H20N2O6S. The van der Waals surface area contributed by atoms with Crippen LogP contribution in [0.4, 0.5) is 5.69 Å². The van der Waals surface area contributed by atoms with E-state index < -0.39 is 15.9 Å². The molecule has 1 aliphatic heterocycles. The third-order valence-electron chi connectivity index (χ3n) is 4.18. The zero-order valence-corrected chi connectivity index (χ0v) is 15.5. The van der Waals surface area contributed by atoms with Gasteiger partial charge in [-0.3, -0.25) is 4.79 Å². The van der Waals surface area contributed by atoms with Crippen LogP contribution in [0.3, 0.4) is 0 Å². The lowest BCUT2D eigenvalue weighted by atomic mass is 10.2. The van der Waals surface area contributed by atoms with Crippen molar-refractivity contribution in [3.8, 4) is 11.5 Å². The van der Waals surface area contributed by atoms with Gasteiger partial charge in [0.05, 0.1) is 36.5 Å². The molecule has 0 saturated carbocycles. The lowest BCUT2D eigenvalue weighted by molar-refractivity contribution is 0.0730. The van der Waals surface area contributed by atoms with Gasteiger partial charge in [-0.2, -0.15) is 4.31 Å². The number of phenolic OH excluding ortho intramolecular Hbond substituents is 1. The van der Waals surface area contributed by atoms with Crippen LogP contribution in [0.25, 0.3) is 0 Å². The molecular weight excluding hydrogens is 372 g/mol. The number of rotatable bonds is 5. The standard InChI is InChI=1S/C18H20N2O6S/c1-25-17-5-3-2-4-15(17)19-18(22)14-12-13(6-7-16(14)21)27(23,24)20-8-10-26-11-9-20/h2-7,12,21H,8-11H2,1H3,(H,19,22). The molecule has 0 atom stereocenters. The molecule has 1 aliphatic rings. The summed E-state index contributed by atoms with van der Waals surface area (Å²) in [6.45, 7) is 1.12. The van der Waals surface area contributed by atoms with Gasteiger partial charge in [0.25, 0.3) is 5.91 Å². The molecule has 1 saturated heterocycles. The fourth-order valence-electron chi connectivity index (χ4n) is 2.73. The normalized spacial score (nSPS) is 15.3. The highest BCUT2D eigenvalue weighted by atomic mass is 32.2. The average Bonchev–Trinajstić information content (AvgIpc) is 2.69. The van der Waals surface area contributed by atoms with E-state index >= 15 is 0 Å². The topological polar surface area (TPSA) is 105 Å². The minimum atomic E-state index is -3.78. The van der Waals surface area contributed by atoms with E-state index in [1.54, 1.807) is 24.3 Å². The van der Waals surface area contributed by atoms with Gasteiger partial charge in [0.2, 0.25) is 10.0 Å². The molecule has 0 unspecified atom stereocenters. The first kappa shape index (κ1) is 19.2. The summed E-state index contributed by atoms with van der Waals surface area (Å²) in [5.41, 5.74) is 0.265. The number of morpholine rings is 1. The first-order chi connectivity index (χ1) is 12.9. The first-order valence-corrected chi connectivity index (χ1v) is 9.73. The van der Waals surface area contributed by atoms with Crippen LogP contribution in [0.15, 0.2) is 47.4 Å². The molecule has 1 heterocycles. The summed E-state index contributed by atoms with van der Waals surface area (Å²) in [5.74, 6) is -0.512. The molecule has 3 rings (SSSR count). The summed E-state index contributed by atoms with van der Waals surface area (Å²) in [6.07, 6.45) is 0. The van der Waals surface area contributed by atoms with Crippen LogP contribution in [0.1, 0.15) is 10.4 Å². The van der Waals surface area contributed by atoms with Crippen molar-refractivity contribution in [3.05, 3.63) is 48.0 Å². The van der Waals surface area contributed by atoms with Gasteiger partial charge in [-0.05, 0) is 30.3 Å². The molecule has 2 aromatic rings. The number of carbonyl (C=O) groups excluding carboxylic acids is 1. The number of aromatic hydroxyl groups is 1. The van der Waals surface area contributed by atoms with Gasteiger partial charge in [0, 0.05) is 13.1 Å². The Kier molecular flexibility index (Phi) is 5.64. The average molecular weight is 392 g/mol. The van der Waals surface area contributed by atoms with Crippen LogP contribution >= 0.6 is 0 Å². The second-order valence-electron chi connectivity index (χ2n) is 5.85. The van der Waals surface area contributed by atoms with E-state index in [2.05, 4.69) is 5.32 Å². The van der Waals surface area contributed by atoms with Gasteiger partial charge in [-0.15, -0.1) is 0 Å². The summed E-state index contributed by atoms with van der Waals surface area (Å²) in [5, 5.41) is 12.7. The highest BCUT2D eigenvalue weighted by molar-refractivity contribution is 7.89. The first-order valence-electron chi connectivity index (χ1n) is 8.29. The molecule has 27 heavy (non-hydrogen) atoms. The van der Waals surface area contributed by atoms with E-state index in [1.165, 1.54) is 29.6 Å². The van der Waals surface area contributed by atoms with E-state index in [4.69, 9.17) is 9.47 Å². The minimum Gasteiger partial charge on any atom is -0.507 e. The van der Waals surface area contributed by atoms with Gasteiger partial charge in [-0.1, -0.05) is 12.1 Å². The van der Waals surface area contributed by atoms with Gasteiger partial charge in [0.1, 0.15) is 11.5 Å². The molecule has 1 amide bonds. The van der Waals surface area contributed by atoms with Crippen LogP contribution in [-0.2, 0) is 14.8 Å². The summed E-state index contributed by atoms with van der Waals surface area (Å²) < 4.78 is 37.2. The summed E-state index contributed by atoms with van der Waals surface area (Å²) >= 11 is 0. The van der Waals surface area contributed by atoms with Gasteiger partial charge < -0.3 is 19.9 Å². The predicted octanol–water partition coefficient (Wildman–Crippen LogP) is 1.67. The Morgan fingerprint density at radius 3 is 2.59 bits per heavy atom. The number of hydrogen-bond donors (Lipinski definition) is 2. The Morgan fingerprint density at radius 1 is 1.19 bits per heavy atom. The number of carbonyl (C=O) groups is 1. The number of nitrogens with zero attached hydrogens (tertiary/aromatic N) is 1. The monoisotopic (exact) mass is 392 g/mol. The zero-order valence-electron chi connectivity index (χ0n) is 14.7. The van der Waals surface area contributed by atoms with Crippen LogP contribution in [-0.4, -0.2) is 57.1 Å². The Bertz CT molecular complexity index is 939. The van der Waals surface area contributed by atoms with Crippen LogP contribution in [0, 0.1) is 0 Å². The molecule has 8 nitrogen and oxygen atoms in total. The molecule has 0 aliphatic carbocycles. The maximum absolute atomic E-state index is 12.8. The number of hydrogen-bond acceptors (Lipinski definition) is 6.